The second-order valence-corrected chi connectivity index (χ2v) is 3.73. The van der Waals surface area contributed by atoms with Gasteiger partial charge >= 0.3 is 11.9 Å². The summed E-state index contributed by atoms with van der Waals surface area (Å²) < 4.78 is 11.3. The van der Waals surface area contributed by atoms with Gasteiger partial charge in [-0.2, -0.15) is 0 Å². The van der Waals surface area contributed by atoms with Gasteiger partial charge in [0, 0.05) is 0 Å². The minimum absolute atomic E-state index is 0.0673. The number of esters is 1. The summed E-state index contributed by atoms with van der Waals surface area (Å²) in [5, 5.41) is 8.88. The van der Waals surface area contributed by atoms with E-state index >= 15 is 0 Å². The van der Waals surface area contributed by atoms with Gasteiger partial charge < -0.3 is 14.6 Å². The average molecular weight is 264 g/mol. The number of carboxylic acid groups (broad SMARTS) is 1. The first-order valence-corrected chi connectivity index (χ1v) is 5.43. The molecule has 7 nitrogen and oxygen atoms in total. The molecule has 0 amide bonds. The fourth-order valence-corrected chi connectivity index (χ4v) is 1.84. The van der Waals surface area contributed by atoms with E-state index < -0.39 is 11.9 Å². The van der Waals surface area contributed by atoms with E-state index in [0.29, 0.717) is 11.4 Å². The van der Waals surface area contributed by atoms with Crippen LogP contribution in [-0.4, -0.2) is 40.6 Å². The third kappa shape index (κ3) is 2.22. The zero-order valence-electron chi connectivity index (χ0n) is 10.4. The number of carbonyl (C=O) groups excluding carboxylic acids is 1. The van der Waals surface area contributed by atoms with Crippen LogP contribution in [0.25, 0.3) is 5.52 Å². The van der Waals surface area contributed by atoms with Gasteiger partial charge in [0.25, 0.3) is 0 Å². The average Bonchev–Trinajstić information content (AvgIpc) is 2.76. The van der Waals surface area contributed by atoms with Crippen molar-refractivity contribution >= 4 is 17.5 Å². The van der Waals surface area contributed by atoms with Gasteiger partial charge in [-0.1, -0.05) is 6.07 Å². The summed E-state index contributed by atoms with van der Waals surface area (Å²) in [6.07, 6.45) is -0.321. The highest BCUT2D eigenvalue weighted by atomic mass is 16.5. The number of hydrogen-bond acceptors (Lipinski definition) is 5. The lowest BCUT2D eigenvalue weighted by molar-refractivity contribution is -0.136. The molecule has 0 aromatic carbocycles. The number of carboxylic acids is 1. The van der Waals surface area contributed by atoms with Gasteiger partial charge in [-0.05, 0) is 12.1 Å². The summed E-state index contributed by atoms with van der Waals surface area (Å²) in [4.78, 5) is 26.5. The molecular weight excluding hydrogens is 252 g/mol. The predicted molar refractivity (Wildman–Crippen MR) is 64.4 cm³/mol. The van der Waals surface area contributed by atoms with Crippen LogP contribution in [0.2, 0.25) is 0 Å². The van der Waals surface area contributed by atoms with Gasteiger partial charge in [-0.3, -0.25) is 9.20 Å². The topological polar surface area (TPSA) is 90.1 Å². The highest BCUT2D eigenvalue weighted by Gasteiger charge is 2.21. The van der Waals surface area contributed by atoms with Crippen molar-refractivity contribution in [2.75, 3.05) is 14.2 Å². The molecule has 0 spiro atoms. The van der Waals surface area contributed by atoms with E-state index in [1.54, 1.807) is 18.2 Å². The van der Waals surface area contributed by atoms with Crippen molar-refractivity contribution in [3.63, 3.8) is 0 Å². The lowest BCUT2D eigenvalue weighted by Gasteiger charge is -2.05. The van der Waals surface area contributed by atoms with Crippen molar-refractivity contribution in [1.82, 2.24) is 9.38 Å². The Hall–Kier alpha value is -2.57. The Kier molecular flexibility index (Phi) is 3.37. The van der Waals surface area contributed by atoms with Crippen LogP contribution in [-0.2, 0) is 16.0 Å². The minimum atomic E-state index is -1.05. The Bertz CT molecular complexity index is 647. The van der Waals surface area contributed by atoms with Crippen LogP contribution < -0.4 is 4.74 Å². The van der Waals surface area contributed by atoms with Gasteiger partial charge in [0.1, 0.15) is 12.2 Å². The largest absolute Gasteiger partial charge is 0.482 e. The molecule has 0 saturated carbocycles. The second-order valence-electron chi connectivity index (χ2n) is 3.73. The molecule has 7 heteroatoms. The standard InChI is InChI=1S/C12H12N2O5/c1-18-9-5-3-4-7-11(12(17)19-2)13-8(14(7)9)6-10(15)16/h3-5H,6H2,1-2H3,(H,15,16). The molecule has 0 aliphatic heterocycles. The minimum Gasteiger partial charge on any atom is -0.482 e. The molecule has 0 bridgehead atoms. The fourth-order valence-electron chi connectivity index (χ4n) is 1.84. The molecule has 0 saturated heterocycles. The number of aliphatic carboxylic acids is 1. The Morgan fingerprint density at radius 1 is 1.37 bits per heavy atom. The van der Waals surface area contributed by atoms with E-state index in [4.69, 9.17) is 9.84 Å². The summed E-state index contributed by atoms with van der Waals surface area (Å²) in [7, 11) is 2.70. The SMILES string of the molecule is COC(=O)c1nc(CC(=O)O)n2c(OC)cccc12. The van der Waals surface area contributed by atoms with E-state index in [1.165, 1.54) is 18.6 Å². The third-order valence-corrected chi connectivity index (χ3v) is 2.59. The molecule has 0 atom stereocenters. The number of ether oxygens (including phenoxy) is 2. The van der Waals surface area contributed by atoms with E-state index in [9.17, 15) is 9.59 Å². The lowest BCUT2D eigenvalue weighted by Crippen LogP contribution is -2.06. The first-order chi connectivity index (χ1) is 9.08. The molecule has 2 rings (SSSR count). The van der Waals surface area contributed by atoms with Crippen LogP contribution in [0.5, 0.6) is 5.88 Å². The zero-order chi connectivity index (χ0) is 14.0. The van der Waals surface area contributed by atoms with Crippen LogP contribution in [0, 0.1) is 0 Å². The van der Waals surface area contributed by atoms with Crippen molar-refractivity contribution in [2.24, 2.45) is 0 Å². The van der Waals surface area contributed by atoms with E-state index in [0.717, 1.165) is 0 Å². The number of fused-ring (bicyclic) bond motifs is 1. The monoisotopic (exact) mass is 264 g/mol. The molecule has 19 heavy (non-hydrogen) atoms. The number of hydrogen-bond donors (Lipinski definition) is 1. The molecule has 0 fully saturated rings. The van der Waals surface area contributed by atoms with Gasteiger partial charge in [0.05, 0.1) is 19.7 Å². The highest BCUT2D eigenvalue weighted by Crippen LogP contribution is 2.21. The van der Waals surface area contributed by atoms with E-state index in [1.807, 2.05) is 0 Å². The molecule has 1 N–H and O–H groups in total. The van der Waals surface area contributed by atoms with Crippen molar-refractivity contribution in [1.29, 1.82) is 0 Å². The normalized spacial score (nSPS) is 10.4. The van der Waals surface area contributed by atoms with Crippen LogP contribution in [0.3, 0.4) is 0 Å². The molecule has 0 aliphatic rings. The fraction of sp³-hybridized carbons (Fsp3) is 0.250. The van der Waals surface area contributed by atoms with Crippen LogP contribution in [0.4, 0.5) is 0 Å². The Labute approximate surface area is 108 Å². The molecule has 0 radical (unpaired) electrons. The summed E-state index contributed by atoms with van der Waals surface area (Å²) in [6.45, 7) is 0. The predicted octanol–water partition coefficient (Wildman–Crippen LogP) is 0.757. The first kappa shape index (κ1) is 12.9. The smallest absolute Gasteiger partial charge is 0.358 e. The van der Waals surface area contributed by atoms with Gasteiger partial charge in [0.15, 0.2) is 11.6 Å². The third-order valence-electron chi connectivity index (χ3n) is 2.59. The summed E-state index contributed by atoms with van der Waals surface area (Å²) in [5.74, 6) is -1.06. The number of pyridine rings is 1. The van der Waals surface area contributed by atoms with Gasteiger partial charge in [-0.25, -0.2) is 9.78 Å². The summed E-state index contributed by atoms with van der Waals surface area (Å²) in [5.41, 5.74) is 0.514. The van der Waals surface area contributed by atoms with E-state index in [-0.39, 0.29) is 17.9 Å². The van der Waals surface area contributed by atoms with Gasteiger partial charge in [0.2, 0.25) is 0 Å². The van der Waals surface area contributed by atoms with Crippen LogP contribution >= 0.6 is 0 Å². The number of nitrogens with zero attached hydrogens (tertiary/aromatic N) is 2. The molecule has 2 heterocycles. The summed E-state index contributed by atoms with van der Waals surface area (Å²) >= 11 is 0. The molecule has 0 unspecified atom stereocenters. The maximum absolute atomic E-state index is 11.6. The Morgan fingerprint density at radius 2 is 2.11 bits per heavy atom. The zero-order valence-corrected chi connectivity index (χ0v) is 10.4. The maximum atomic E-state index is 11.6. The molecule has 2 aromatic heterocycles. The second kappa shape index (κ2) is 4.97. The van der Waals surface area contributed by atoms with Crippen molar-refractivity contribution in [2.45, 2.75) is 6.42 Å². The molecule has 100 valence electrons. The van der Waals surface area contributed by atoms with Crippen LogP contribution in [0.1, 0.15) is 16.3 Å². The van der Waals surface area contributed by atoms with Crippen LogP contribution in [0.15, 0.2) is 18.2 Å². The molecule has 0 aliphatic carbocycles. The number of rotatable bonds is 4. The Morgan fingerprint density at radius 3 is 2.68 bits per heavy atom. The number of methoxy groups -OCH3 is 2. The molecular formula is C12H12N2O5. The highest BCUT2D eigenvalue weighted by molar-refractivity contribution is 5.95. The number of imidazole rings is 1. The summed E-state index contributed by atoms with van der Waals surface area (Å²) in [6, 6.07) is 4.99. The lowest BCUT2D eigenvalue weighted by atomic mass is 10.3. The van der Waals surface area contributed by atoms with Crippen molar-refractivity contribution in [3.8, 4) is 5.88 Å². The van der Waals surface area contributed by atoms with E-state index in [2.05, 4.69) is 9.72 Å². The number of aromatic nitrogens is 2. The van der Waals surface area contributed by atoms with Crippen molar-refractivity contribution in [3.05, 3.63) is 29.7 Å². The van der Waals surface area contributed by atoms with Gasteiger partial charge in [-0.15, -0.1) is 0 Å². The number of carbonyl (C=O) groups is 2. The Balaban J connectivity index is 2.73. The first-order valence-electron chi connectivity index (χ1n) is 5.43. The van der Waals surface area contributed by atoms with Crippen molar-refractivity contribution < 1.29 is 24.2 Å². The molecule has 2 aromatic rings. The quantitative estimate of drug-likeness (QED) is 0.820. The maximum Gasteiger partial charge on any atom is 0.358 e.